The second-order valence-electron chi connectivity index (χ2n) is 2.20. The molecule has 0 atom stereocenters. The van der Waals surface area contributed by atoms with E-state index in [1.54, 1.807) is 0 Å². The zero-order valence-corrected chi connectivity index (χ0v) is 6.59. The third-order valence-corrected chi connectivity index (χ3v) is 1.17. The zero-order valence-electron chi connectivity index (χ0n) is 6.59. The van der Waals surface area contributed by atoms with Crippen LogP contribution in [0.2, 0.25) is 0 Å². The fourth-order valence-electron chi connectivity index (χ4n) is 0.686. The average Bonchev–Trinajstić information content (AvgIpc) is 1.87. The molecule has 0 bridgehead atoms. The Kier molecular flexibility index (Phi) is 5.15. The molecule has 0 spiro atoms. The van der Waals surface area contributed by atoms with Crippen LogP contribution in [0, 0.1) is 0 Å². The fourth-order valence-corrected chi connectivity index (χ4v) is 0.686. The van der Waals surface area contributed by atoms with E-state index in [1.807, 2.05) is 6.92 Å². The van der Waals surface area contributed by atoms with Gasteiger partial charge in [-0.3, -0.25) is 9.59 Å². The molecule has 0 saturated heterocycles. The van der Waals surface area contributed by atoms with E-state index in [-0.39, 0.29) is 12.3 Å². The molecular formula is C7H13NO3. The summed E-state index contributed by atoms with van der Waals surface area (Å²) < 4.78 is 0. The van der Waals surface area contributed by atoms with Gasteiger partial charge in [-0.1, -0.05) is 0 Å². The molecule has 11 heavy (non-hydrogen) atoms. The Balaban J connectivity index is 3.24. The van der Waals surface area contributed by atoms with Gasteiger partial charge in [-0.25, -0.2) is 0 Å². The summed E-state index contributed by atoms with van der Waals surface area (Å²) in [6.45, 7) is 2.43. The molecule has 0 aliphatic carbocycles. The average molecular weight is 159 g/mol. The molecule has 0 aliphatic heterocycles. The fraction of sp³-hybridized carbons (Fsp3) is 0.714. The van der Waals surface area contributed by atoms with Gasteiger partial charge >= 0.3 is 5.97 Å². The molecule has 1 amide bonds. The molecular weight excluding hydrogens is 146 g/mol. The monoisotopic (exact) mass is 159 g/mol. The van der Waals surface area contributed by atoms with Gasteiger partial charge in [-0.15, -0.1) is 0 Å². The number of carbonyl (C=O) groups excluding carboxylic acids is 1. The van der Waals surface area contributed by atoms with Gasteiger partial charge in [0.15, 0.2) is 0 Å². The lowest BCUT2D eigenvalue weighted by Gasteiger charge is -1.98. The normalized spacial score (nSPS) is 9.18. The Morgan fingerprint density at radius 1 is 1.36 bits per heavy atom. The molecule has 0 fully saturated rings. The highest BCUT2D eigenvalue weighted by Gasteiger charge is 2.01. The van der Waals surface area contributed by atoms with Crippen molar-refractivity contribution in [2.24, 2.45) is 0 Å². The molecule has 2 N–H and O–H groups in total. The third kappa shape index (κ3) is 6.83. The van der Waals surface area contributed by atoms with Crippen LogP contribution in [0.15, 0.2) is 0 Å². The summed E-state index contributed by atoms with van der Waals surface area (Å²) in [5.41, 5.74) is 0. The largest absolute Gasteiger partial charge is 0.481 e. The Hall–Kier alpha value is -1.06. The van der Waals surface area contributed by atoms with Gasteiger partial charge < -0.3 is 10.4 Å². The number of carbonyl (C=O) groups is 2. The van der Waals surface area contributed by atoms with E-state index in [2.05, 4.69) is 5.32 Å². The van der Waals surface area contributed by atoms with Crippen LogP contribution in [0.25, 0.3) is 0 Å². The van der Waals surface area contributed by atoms with Crippen molar-refractivity contribution in [3.63, 3.8) is 0 Å². The lowest BCUT2D eigenvalue weighted by molar-refractivity contribution is -0.137. The van der Waals surface area contributed by atoms with Crippen molar-refractivity contribution in [3.05, 3.63) is 0 Å². The Morgan fingerprint density at radius 3 is 2.45 bits per heavy atom. The van der Waals surface area contributed by atoms with Gasteiger partial charge in [0.1, 0.15) is 0 Å². The van der Waals surface area contributed by atoms with Crippen molar-refractivity contribution < 1.29 is 14.7 Å². The van der Waals surface area contributed by atoms with Gasteiger partial charge in [0, 0.05) is 19.4 Å². The zero-order chi connectivity index (χ0) is 8.69. The molecule has 0 saturated carbocycles. The van der Waals surface area contributed by atoms with Crippen LogP contribution in [0.4, 0.5) is 0 Å². The molecule has 0 radical (unpaired) electrons. The lowest BCUT2D eigenvalue weighted by atomic mass is 10.2. The maximum absolute atomic E-state index is 10.7. The summed E-state index contributed by atoms with van der Waals surface area (Å²) in [5.74, 6) is -0.928. The summed E-state index contributed by atoms with van der Waals surface area (Å²) in [6.07, 6.45) is 0.790. The number of hydrogen-bond donors (Lipinski definition) is 2. The first kappa shape index (κ1) is 9.94. The van der Waals surface area contributed by atoms with Gasteiger partial charge in [-0.05, 0) is 13.3 Å². The first-order valence-electron chi connectivity index (χ1n) is 3.65. The Labute approximate surface area is 65.6 Å². The minimum Gasteiger partial charge on any atom is -0.481 e. The Morgan fingerprint density at radius 2 is 2.00 bits per heavy atom. The second-order valence-corrected chi connectivity index (χ2v) is 2.20. The first-order valence-corrected chi connectivity index (χ1v) is 3.65. The van der Waals surface area contributed by atoms with Crippen molar-refractivity contribution in [1.29, 1.82) is 0 Å². The number of carboxylic acids is 1. The van der Waals surface area contributed by atoms with Crippen molar-refractivity contribution in [1.82, 2.24) is 5.32 Å². The summed E-state index contributed by atoms with van der Waals surface area (Å²) in [7, 11) is 0. The molecule has 0 unspecified atom stereocenters. The highest BCUT2D eigenvalue weighted by molar-refractivity contribution is 5.76. The second kappa shape index (κ2) is 5.70. The van der Waals surface area contributed by atoms with E-state index in [4.69, 9.17) is 5.11 Å². The molecule has 4 nitrogen and oxygen atoms in total. The first-order chi connectivity index (χ1) is 5.16. The van der Waals surface area contributed by atoms with Crippen LogP contribution in [-0.4, -0.2) is 23.5 Å². The summed E-state index contributed by atoms with van der Waals surface area (Å²) in [6, 6.07) is 0. The van der Waals surface area contributed by atoms with E-state index in [9.17, 15) is 9.59 Å². The quantitative estimate of drug-likeness (QED) is 0.609. The SMILES string of the molecule is CCNC(=O)CCCC(=O)O. The van der Waals surface area contributed by atoms with Crippen LogP contribution < -0.4 is 5.32 Å². The third-order valence-electron chi connectivity index (χ3n) is 1.17. The van der Waals surface area contributed by atoms with E-state index in [0.717, 1.165) is 0 Å². The van der Waals surface area contributed by atoms with Gasteiger partial charge in [0.05, 0.1) is 0 Å². The Bertz CT molecular complexity index is 145. The predicted molar refractivity (Wildman–Crippen MR) is 40.2 cm³/mol. The van der Waals surface area contributed by atoms with Crippen molar-refractivity contribution in [2.45, 2.75) is 26.2 Å². The maximum atomic E-state index is 10.7. The lowest BCUT2D eigenvalue weighted by Crippen LogP contribution is -2.22. The highest BCUT2D eigenvalue weighted by atomic mass is 16.4. The van der Waals surface area contributed by atoms with E-state index in [0.29, 0.717) is 19.4 Å². The van der Waals surface area contributed by atoms with E-state index in [1.165, 1.54) is 0 Å². The van der Waals surface area contributed by atoms with E-state index >= 15 is 0 Å². The van der Waals surface area contributed by atoms with Gasteiger partial charge in [0.2, 0.25) is 5.91 Å². The standard InChI is InChI=1S/C7H13NO3/c1-2-8-6(9)4-3-5-7(10)11/h2-5H2,1H3,(H,8,9)(H,10,11). The number of rotatable bonds is 5. The van der Waals surface area contributed by atoms with Gasteiger partial charge in [0.25, 0.3) is 0 Å². The molecule has 0 aromatic carbocycles. The summed E-state index contributed by atoms with van der Waals surface area (Å²) >= 11 is 0. The van der Waals surface area contributed by atoms with Crippen LogP contribution >= 0.6 is 0 Å². The van der Waals surface area contributed by atoms with Gasteiger partial charge in [-0.2, -0.15) is 0 Å². The summed E-state index contributed by atoms with van der Waals surface area (Å²) in [5, 5.41) is 10.8. The van der Waals surface area contributed by atoms with Crippen LogP contribution in [0.1, 0.15) is 26.2 Å². The number of nitrogens with one attached hydrogen (secondary N) is 1. The minimum absolute atomic E-state index is 0.0666. The molecule has 0 rings (SSSR count). The number of amides is 1. The molecule has 64 valence electrons. The smallest absolute Gasteiger partial charge is 0.303 e. The van der Waals surface area contributed by atoms with Crippen molar-refractivity contribution >= 4 is 11.9 Å². The molecule has 0 heterocycles. The number of hydrogen-bond acceptors (Lipinski definition) is 2. The highest BCUT2D eigenvalue weighted by Crippen LogP contribution is 1.94. The van der Waals surface area contributed by atoms with Crippen LogP contribution in [-0.2, 0) is 9.59 Å². The summed E-state index contributed by atoms with van der Waals surface area (Å²) in [4.78, 5) is 20.7. The molecule has 4 heteroatoms. The van der Waals surface area contributed by atoms with Crippen molar-refractivity contribution in [2.75, 3.05) is 6.54 Å². The molecule has 0 aromatic heterocycles. The minimum atomic E-state index is -0.853. The maximum Gasteiger partial charge on any atom is 0.303 e. The van der Waals surface area contributed by atoms with Crippen LogP contribution in [0.3, 0.4) is 0 Å². The topological polar surface area (TPSA) is 66.4 Å². The molecule has 0 aliphatic rings. The van der Waals surface area contributed by atoms with Crippen molar-refractivity contribution in [3.8, 4) is 0 Å². The van der Waals surface area contributed by atoms with E-state index < -0.39 is 5.97 Å². The predicted octanol–water partition coefficient (Wildman–Crippen LogP) is 0.377. The number of aliphatic carboxylic acids is 1. The van der Waals surface area contributed by atoms with Crippen LogP contribution in [0.5, 0.6) is 0 Å². The molecule has 0 aromatic rings. The number of carboxylic acid groups (broad SMARTS) is 1.